The molecule has 102 valence electrons. The average molecular weight is 278 g/mol. The summed E-state index contributed by atoms with van der Waals surface area (Å²) >= 11 is 0. The number of rotatable bonds is 3. The maximum Gasteiger partial charge on any atom is 0.223 e. The number of pyridine rings is 1. The quantitative estimate of drug-likeness (QED) is 0.723. The molecule has 0 N–H and O–H groups in total. The van der Waals surface area contributed by atoms with Crippen LogP contribution in [0.1, 0.15) is 5.56 Å². The zero-order chi connectivity index (χ0) is 14.7. The minimum atomic E-state index is 0.430. The van der Waals surface area contributed by atoms with Crippen LogP contribution in [0.2, 0.25) is 0 Å². The fourth-order valence-corrected chi connectivity index (χ4v) is 1.82. The summed E-state index contributed by atoms with van der Waals surface area (Å²) in [7, 11) is 1.51. The predicted molar refractivity (Wildman–Crippen MR) is 73.7 cm³/mol. The zero-order valence-electron chi connectivity index (χ0n) is 11.1. The Bertz CT molecular complexity index is 806. The smallest absolute Gasteiger partial charge is 0.223 e. The van der Waals surface area contributed by atoms with Crippen molar-refractivity contribution in [2.75, 3.05) is 7.11 Å². The Labute approximate surface area is 120 Å². The number of aromatic nitrogens is 5. The molecule has 0 aliphatic carbocycles. The van der Waals surface area contributed by atoms with Crippen LogP contribution in [-0.2, 0) is 0 Å². The summed E-state index contributed by atoms with van der Waals surface area (Å²) in [5, 5.41) is 21.2. The summed E-state index contributed by atoms with van der Waals surface area (Å²) in [4.78, 5) is 5.54. The third kappa shape index (κ3) is 2.42. The van der Waals surface area contributed by atoms with Gasteiger partial charge < -0.3 is 4.74 Å². The highest BCUT2D eigenvalue weighted by Crippen LogP contribution is 2.21. The molecule has 2 aromatic heterocycles. The van der Waals surface area contributed by atoms with E-state index in [9.17, 15) is 0 Å². The van der Waals surface area contributed by atoms with Gasteiger partial charge in [0.2, 0.25) is 5.82 Å². The number of hydrogen-bond acceptors (Lipinski definition) is 6. The molecule has 0 radical (unpaired) electrons. The molecule has 0 bridgehead atoms. The molecule has 1 aromatic carbocycles. The molecule has 0 atom stereocenters. The van der Waals surface area contributed by atoms with Crippen molar-refractivity contribution in [3.05, 3.63) is 48.2 Å². The van der Waals surface area contributed by atoms with Gasteiger partial charge in [-0.2, -0.15) is 5.26 Å². The monoisotopic (exact) mass is 278 g/mol. The lowest BCUT2D eigenvalue weighted by atomic mass is 10.2. The molecule has 2 heterocycles. The van der Waals surface area contributed by atoms with Crippen molar-refractivity contribution in [1.29, 1.82) is 5.26 Å². The Hall–Kier alpha value is -3.27. The molecule has 7 heteroatoms. The van der Waals surface area contributed by atoms with E-state index in [0.29, 0.717) is 28.5 Å². The molecule has 0 saturated heterocycles. The Kier molecular flexibility index (Phi) is 3.27. The van der Waals surface area contributed by atoms with Crippen LogP contribution in [0.3, 0.4) is 0 Å². The van der Waals surface area contributed by atoms with E-state index in [1.807, 2.05) is 12.1 Å². The average Bonchev–Trinajstić information content (AvgIpc) is 3.05. The second-order valence-corrected chi connectivity index (χ2v) is 4.11. The van der Waals surface area contributed by atoms with E-state index in [1.54, 1.807) is 30.5 Å². The van der Waals surface area contributed by atoms with Crippen molar-refractivity contribution in [2.45, 2.75) is 0 Å². The summed E-state index contributed by atoms with van der Waals surface area (Å²) in [5.41, 5.74) is 1.75. The Morgan fingerprint density at radius 2 is 2.14 bits per heavy atom. The highest BCUT2D eigenvalue weighted by atomic mass is 16.5. The minimum absolute atomic E-state index is 0.430. The number of nitrogens with zero attached hydrogens (tertiary/aromatic N) is 6. The van der Waals surface area contributed by atoms with Crippen molar-refractivity contribution in [2.24, 2.45) is 0 Å². The van der Waals surface area contributed by atoms with Gasteiger partial charge in [0.15, 0.2) is 0 Å². The maximum absolute atomic E-state index is 8.98. The molecule has 0 unspecified atom stereocenters. The summed E-state index contributed by atoms with van der Waals surface area (Å²) in [6.07, 6.45) is 1.67. The number of hydrogen-bond donors (Lipinski definition) is 0. The third-order valence-corrected chi connectivity index (χ3v) is 2.84. The standard InChI is InChI=1S/C14H10N6O/c1-21-13-8-11(6-5-10(13)9-15)20-18-14(17-19-20)12-4-2-3-7-16-12/h2-8H,1H3. The van der Waals surface area contributed by atoms with Crippen LogP contribution >= 0.6 is 0 Å². The van der Waals surface area contributed by atoms with Gasteiger partial charge in [-0.05, 0) is 29.5 Å². The lowest BCUT2D eigenvalue weighted by Gasteiger charge is -2.04. The number of tetrazole rings is 1. The Balaban J connectivity index is 1.99. The fourth-order valence-electron chi connectivity index (χ4n) is 1.82. The van der Waals surface area contributed by atoms with Gasteiger partial charge in [0.05, 0.1) is 18.4 Å². The molecule has 0 spiro atoms. The topological polar surface area (TPSA) is 89.5 Å². The number of benzene rings is 1. The molecule has 21 heavy (non-hydrogen) atoms. The first kappa shape index (κ1) is 12.7. The second kappa shape index (κ2) is 5.38. The normalized spacial score (nSPS) is 10.1. The predicted octanol–water partition coefficient (Wildman–Crippen LogP) is 1.60. The summed E-state index contributed by atoms with van der Waals surface area (Å²) in [6, 6.07) is 12.6. The van der Waals surface area contributed by atoms with Crippen LogP contribution in [0.15, 0.2) is 42.6 Å². The largest absolute Gasteiger partial charge is 0.495 e. The van der Waals surface area contributed by atoms with E-state index in [-0.39, 0.29) is 0 Å². The van der Waals surface area contributed by atoms with E-state index < -0.39 is 0 Å². The molecule has 0 saturated carbocycles. The van der Waals surface area contributed by atoms with Crippen LogP contribution in [-0.4, -0.2) is 32.3 Å². The van der Waals surface area contributed by atoms with Gasteiger partial charge >= 0.3 is 0 Å². The Morgan fingerprint density at radius 1 is 1.24 bits per heavy atom. The van der Waals surface area contributed by atoms with Crippen molar-refractivity contribution >= 4 is 0 Å². The van der Waals surface area contributed by atoms with E-state index in [0.717, 1.165) is 0 Å². The highest BCUT2D eigenvalue weighted by molar-refractivity contribution is 5.51. The minimum Gasteiger partial charge on any atom is -0.495 e. The lowest BCUT2D eigenvalue weighted by Crippen LogP contribution is -2.00. The lowest BCUT2D eigenvalue weighted by molar-refractivity contribution is 0.413. The summed E-state index contributed by atoms with van der Waals surface area (Å²) in [6.45, 7) is 0. The molecular weight excluding hydrogens is 268 g/mol. The SMILES string of the molecule is COc1cc(-n2nnc(-c3ccccn3)n2)ccc1C#N. The van der Waals surface area contributed by atoms with E-state index >= 15 is 0 Å². The molecule has 0 aliphatic rings. The van der Waals surface area contributed by atoms with Crippen LogP contribution in [0, 0.1) is 11.3 Å². The van der Waals surface area contributed by atoms with E-state index in [1.165, 1.54) is 11.9 Å². The van der Waals surface area contributed by atoms with Gasteiger partial charge in [-0.25, -0.2) is 0 Å². The van der Waals surface area contributed by atoms with Gasteiger partial charge in [-0.3, -0.25) is 4.98 Å². The van der Waals surface area contributed by atoms with Crippen LogP contribution in [0.25, 0.3) is 17.2 Å². The Morgan fingerprint density at radius 3 is 2.86 bits per heavy atom. The third-order valence-electron chi connectivity index (χ3n) is 2.84. The fraction of sp³-hybridized carbons (Fsp3) is 0.0714. The van der Waals surface area contributed by atoms with Crippen molar-refractivity contribution in [1.82, 2.24) is 25.2 Å². The zero-order valence-corrected chi connectivity index (χ0v) is 11.1. The molecular formula is C14H10N6O. The van der Waals surface area contributed by atoms with E-state index in [2.05, 4.69) is 26.5 Å². The van der Waals surface area contributed by atoms with Crippen molar-refractivity contribution in [3.8, 4) is 29.0 Å². The van der Waals surface area contributed by atoms with E-state index in [4.69, 9.17) is 10.00 Å². The van der Waals surface area contributed by atoms with Crippen LogP contribution in [0.4, 0.5) is 0 Å². The second-order valence-electron chi connectivity index (χ2n) is 4.11. The van der Waals surface area contributed by atoms with Crippen LogP contribution in [0.5, 0.6) is 5.75 Å². The molecule has 3 rings (SSSR count). The first-order valence-electron chi connectivity index (χ1n) is 6.12. The van der Waals surface area contributed by atoms with Crippen molar-refractivity contribution < 1.29 is 4.74 Å². The first-order valence-corrected chi connectivity index (χ1v) is 6.12. The summed E-state index contributed by atoms with van der Waals surface area (Å²) < 4.78 is 5.17. The van der Waals surface area contributed by atoms with Gasteiger partial charge in [0, 0.05) is 12.3 Å². The molecule has 7 nitrogen and oxygen atoms in total. The first-order chi connectivity index (χ1) is 10.3. The van der Waals surface area contributed by atoms with Gasteiger partial charge in [-0.1, -0.05) is 6.07 Å². The number of nitriles is 1. The molecule has 3 aromatic rings. The highest BCUT2D eigenvalue weighted by Gasteiger charge is 2.10. The number of methoxy groups -OCH3 is 1. The van der Waals surface area contributed by atoms with Crippen molar-refractivity contribution in [3.63, 3.8) is 0 Å². The molecule has 0 amide bonds. The molecule has 0 aliphatic heterocycles. The van der Waals surface area contributed by atoms with Gasteiger partial charge in [0.25, 0.3) is 0 Å². The molecule has 0 fully saturated rings. The van der Waals surface area contributed by atoms with Crippen LogP contribution < -0.4 is 4.74 Å². The summed E-state index contributed by atoms with van der Waals surface area (Å²) in [5.74, 6) is 0.894. The van der Waals surface area contributed by atoms with Gasteiger partial charge in [0.1, 0.15) is 17.5 Å². The number of ether oxygens (including phenoxy) is 1. The maximum atomic E-state index is 8.98. The van der Waals surface area contributed by atoms with Gasteiger partial charge in [-0.15, -0.1) is 15.0 Å².